The topological polar surface area (TPSA) is 41.1 Å². The van der Waals surface area contributed by atoms with Crippen molar-refractivity contribution >= 4 is 40.5 Å². The maximum absolute atomic E-state index is 12.6. The smallest absolute Gasteiger partial charge is 0.376 e. The van der Waals surface area contributed by atoms with Crippen molar-refractivity contribution < 1.29 is 18.0 Å². The highest BCUT2D eigenvalue weighted by atomic mass is 35.5. The van der Waals surface area contributed by atoms with Crippen LogP contribution in [0.4, 0.5) is 24.5 Å². The van der Waals surface area contributed by atoms with E-state index in [1.165, 1.54) is 30.3 Å². The van der Waals surface area contributed by atoms with Crippen LogP contribution < -0.4 is 10.6 Å². The normalized spacial score (nSPS) is 11.2. The molecule has 2 rings (SSSR count). The Balaban J connectivity index is 1.97. The van der Waals surface area contributed by atoms with Gasteiger partial charge in [-0.3, -0.25) is 4.79 Å². The van der Waals surface area contributed by atoms with Crippen LogP contribution in [-0.4, -0.2) is 12.5 Å². The van der Waals surface area contributed by atoms with Gasteiger partial charge >= 0.3 is 6.18 Å². The van der Waals surface area contributed by atoms with E-state index in [0.29, 0.717) is 15.7 Å². The number of carbonyl (C=O) groups excluding carboxylic acids is 1. The van der Waals surface area contributed by atoms with E-state index < -0.39 is 17.6 Å². The van der Waals surface area contributed by atoms with Gasteiger partial charge in [0, 0.05) is 21.4 Å². The van der Waals surface area contributed by atoms with Crippen LogP contribution in [0, 0.1) is 0 Å². The second-order valence-electron chi connectivity index (χ2n) is 4.64. The summed E-state index contributed by atoms with van der Waals surface area (Å²) in [5.41, 5.74) is -0.193. The molecule has 8 heteroatoms. The molecule has 1 amide bonds. The van der Waals surface area contributed by atoms with E-state index in [1.807, 2.05) is 0 Å². The average molecular weight is 363 g/mol. The van der Waals surface area contributed by atoms with Crippen LogP contribution in [0.1, 0.15) is 5.56 Å². The number of halogens is 5. The summed E-state index contributed by atoms with van der Waals surface area (Å²) < 4.78 is 37.8. The number of hydrogen-bond acceptors (Lipinski definition) is 2. The number of nitrogens with one attached hydrogen (secondary N) is 2. The van der Waals surface area contributed by atoms with Crippen molar-refractivity contribution in [3.8, 4) is 0 Å². The molecule has 0 aliphatic carbocycles. The van der Waals surface area contributed by atoms with Crippen LogP contribution >= 0.6 is 23.2 Å². The van der Waals surface area contributed by atoms with Gasteiger partial charge in [0.05, 0.1) is 12.1 Å². The van der Waals surface area contributed by atoms with Crippen LogP contribution in [0.2, 0.25) is 10.0 Å². The zero-order valence-corrected chi connectivity index (χ0v) is 13.1. The number of rotatable bonds is 4. The number of benzene rings is 2. The summed E-state index contributed by atoms with van der Waals surface area (Å²) in [5.74, 6) is -0.444. The summed E-state index contributed by atoms with van der Waals surface area (Å²) in [4.78, 5) is 11.8. The van der Waals surface area contributed by atoms with Gasteiger partial charge in [0.15, 0.2) is 0 Å². The van der Waals surface area contributed by atoms with Crippen molar-refractivity contribution in [1.29, 1.82) is 0 Å². The molecule has 0 aliphatic rings. The minimum Gasteiger partial charge on any atom is -0.376 e. The van der Waals surface area contributed by atoms with E-state index in [0.717, 1.165) is 12.1 Å². The largest absolute Gasteiger partial charge is 0.416 e. The van der Waals surface area contributed by atoms with E-state index in [9.17, 15) is 18.0 Å². The molecule has 0 saturated carbocycles. The molecule has 0 aliphatic heterocycles. The molecule has 0 spiro atoms. The first-order valence-electron chi connectivity index (χ1n) is 6.41. The van der Waals surface area contributed by atoms with Crippen LogP contribution in [0.5, 0.6) is 0 Å². The van der Waals surface area contributed by atoms with E-state index in [1.54, 1.807) is 0 Å². The zero-order chi connectivity index (χ0) is 17.0. The molecular formula is C15H11Cl2F3N2O. The maximum Gasteiger partial charge on any atom is 0.416 e. The molecule has 2 N–H and O–H groups in total. The predicted octanol–water partition coefficient (Wildman–Crippen LogP) is 5.06. The predicted molar refractivity (Wildman–Crippen MR) is 85.0 cm³/mol. The molecule has 0 bridgehead atoms. The average Bonchev–Trinajstić information content (AvgIpc) is 2.43. The minimum atomic E-state index is -4.43. The minimum absolute atomic E-state index is 0.194. The Morgan fingerprint density at radius 1 is 1.00 bits per heavy atom. The standard InChI is InChI=1S/C15H11Cl2F3N2O/c16-10-5-11(17)7-13(6-10)22-14(23)8-21-12-3-1-2-9(4-12)15(18,19)20/h1-7,21H,8H2,(H,22,23). The summed E-state index contributed by atoms with van der Waals surface area (Å²) in [7, 11) is 0. The van der Waals surface area contributed by atoms with E-state index >= 15 is 0 Å². The molecule has 0 fully saturated rings. The molecule has 2 aromatic rings. The lowest BCUT2D eigenvalue weighted by Gasteiger charge is -2.11. The van der Waals surface area contributed by atoms with Crippen molar-refractivity contribution in [1.82, 2.24) is 0 Å². The highest BCUT2D eigenvalue weighted by Gasteiger charge is 2.30. The third-order valence-electron chi connectivity index (χ3n) is 2.79. The molecule has 0 unspecified atom stereocenters. The molecule has 122 valence electrons. The van der Waals surface area contributed by atoms with Gasteiger partial charge in [0.1, 0.15) is 0 Å². The van der Waals surface area contributed by atoms with Crippen LogP contribution in [-0.2, 0) is 11.0 Å². The van der Waals surface area contributed by atoms with Gasteiger partial charge in [0.25, 0.3) is 0 Å². The lowest BCUT2D eigenvalue weighted by molar-refractivity contribution is -0.137. The molecule has 0 atom stereocenters. The first-order chi connectivity index (χ1) is 10.7. The van der Waals surface area contributed by atoms with E-state index in [2.05, 4.69) is 10.6 Å². The molecular weight excluding hydrogens is 352 g/mol. The van der Waals surface area contributed by atoms with Crippen molar-refractivity contribution in [3.05, 3.63) is 58.1 Å². The number of amides is 1. The third-order valence-corrected chi connectivity index (χ3v) is 3.23. The molecule has 3 nitrogen and oxygen atoms in total. The van der Waals surface area contributed by atoms with Gasteiger partial charge in [-0.25, -0.2) is 0 Å². The number of anilines is 2. The first kappa shape index (κ1) is 17.4. The summed E-state index contributed by atoms with van der Waals surface area (Å²) in [6, 6.07) is 9.13. The van der Waals surface area contributed by atoms with Crippen LogP contribution in [0.25, 0.3) is 0 Å². The van der Waals surface area contributed by atoms with Gasteiger partial charge in [0.2, 0.25) is 5.91 Å². The number of carbonyl (C=O) groups is 1. The van der Waals surface area contributed by atoms with Gasteiger partial charge in [-0.2, -0.15) is 13.2 Å². The molecule has 23 heavy (non-hydrogen) atoms. The quantitative estimate of drug-likeness (QED) is 0.797. The van der Waals surface area contributed by atoms with E-state index in [-0.39, 0.29) is 12.2 Å². The monoisotopic (exact) mass is 362 g/mol. The van der Waals surface area contributed by atoms with Gasteiger partial charge in [-0.15, -0.1) is 0 Å². The Hall–Kier alpha value is -1.92. The second kappa shape index (κ2) is 7.10. The number of hydrogen-bond donors (Lipinski definition) is 2. The number of alkyl halides is 3. The summed E-state index contributed by atoms with van der Waals surface area (Å²) in [5, 5.41) is 5.89. The summed E-state index contributed by atoms with van der Waals surface area (Å²) >= 11 is 11.6. The SMILES string of the molecule is O=C(CNc1cccc(C(F)(F)F)c1)Nc1cc(Cl)cc(Cl)c1. The van der Waals surface area contributed by atoms with Gasteiger partial charge < -0.3 is 10.6 Å². The Morgan fingerprint density at radius 2 is 1.65 bits per heavy atom. The third kappa shape index (κ3) is 5.33. The Kier molecular flexibility index (Phi) is 5.38. The lowest BCUT2D eigenvalue weighted by atomic mass is 10.2. The Morgan fingerprint density at radius 3 is 2.26 bits per heavy atom. The summed E-state index contributed by atoms with van der Waals surface area (Å²) in [6.45, 7) is -0.203. The molecule has 2 aromatic carbocycles. The van der Waals surface area contributed by atoms with E-state index in [4.69, 9.17) is 23.2 Å². The maximum atomic E-state index is 12.6. The highest BCUT2D eigenvalue weighted by molar-refractivity contribution is 6.35. The van der Waals surface area contributed by atoms with Crippen LogP contribution in [0.15, 0.2) is 42.5 Å². The van der Waals surface area contributed by atoms with Gasteiger partial charge in [-0.1, -0.05) is 29.3 Å². The van der Waals surface area contributed by atoms with Crippen molar-refractivity contribution in [2.24, 2.45) is 0 Å². The van der Waals surface area contributed by atoms with Crippen molar-refractivity contribution in [2.75, 3.05) is 17.2 Å². The first-order valence-corrected chi connectivity index (χ1v) is 7.17. The Bertz CT molecular complexity index is 700. The fourth-order valence-corrected chi connectivity index (χ4v) is 2.35. The van der Waals surface area contributed by atoms with Crippen molar-refractivity contribution in [3.63, 3.8) is 0 Å². The fourth-order valence-electron chi connectivity index (χ4n) is 1.82. The van der Waals surface area contributed by atoms with Crippen LogP contribution in [0.3, 0.4) is 0 Å². The highest BCUT2D eigenvalue weighted by Crippen LogP contribution is 2.30. The zero-order valence-electron chi connectivity index (χ0n) is 11.5. The lowest BCUT2D eigenvalue weighted by Crippen LogP contribution is -2.21. The summed E-state index contributed by atoms with van der Waals surface area (Å²) in [6.07, 6.45) is -4.43. The fraction of sp³-hybridized carbons (Fsp3) is 0.133. The molecule has 0 saturated heterocycles. The van der Waals surface area contributed by atoms with Gasteiger partial charge in [-0.05, 0) is 36.4 Å². The second-order valence-corrected chi connectivity index (χ2v) is 5.51. The molecule has 0 heterocycles. The van der Waals surface area contributed by atoms with Crippen molar-refractivity contribution in [2.45, 2.75) is 6.18 Å². The Labute approximate surface area is 140 Å². The molecule has 0 aromatic heterocycles. The molecule has 0 radical (unpaired) electrons.